The minimum absolute atomic E-state index is 0.0454. The van der Waals surface area contributed by atoms with Gasteiger partial charge in [-0.3, -0.25) is 9.59 Å². The van der Waals surface area contributed by atoms with E-state index in [1.54, 1.807) is 0 Å². The van der Waals surface area contributed by atoms with E-state index in [1.165, 1.54) is 37.7 Å². The molecule has 0 aromatic heterocycles. The molecule has 0 radical (unpaired) electrons. The molecule has 0 aromatic carbocycles. The van der Waals surface area contributed by atoms with Crippen LogP contribution in [-0.4, -0.2) is 11.6 Å². The Morgan fingerprint density at radius 3 is 2.59 bits per heavy atom. The third kappa shape index (κ3) is 3.47. The molecule has 0 bridgehead atoms. The maximum atomic E-state index is 13.7. The largest absolute Gasteiger partial charge is 0.299 e. The maximum absolute atomic E-state index is 13.7. The van der Waals surface area contributed by atoms with Gasteiger partial charge in [-0.05, 0) is 66.1 Å². The van der Waals surface area contributed by atoms with E-state index in [0.717, 1.165) is 31.1 Å². The first kappa shape index (κ1) is 21.3. The lowest BCUT2D eigenvalue weighted by atomic mass is 9.46. The lowest BCUT2D eigenvalue weighted by molar-refractivity contribution is -0.146. The Hall–Kier alpha value is -0.920. The van der Waals surface area contributed by atoms with Gasteiger partial charge in [0.15, 0.2) is 0 Å². The molecule has 0 N–H and O–H groups in total. The first-order valence-corrected chi connectivity index (χ1v) is 12.4. The number of ketones is 2. The zero-order valence-corrected chi connectivity index (χ0v) is 19.4. The van der Waals surface area contributed by atoms with Gasteiger partial charge in [-0.1, -0.05) is 65.5 Å². The average Bonchev–Trinajstić information content (AvgIpc) is 2.98. The average molecular weight is 399 g/mol. The van der Waals surface area contributed by atoms with Gasteiger partial charge in [-0.25, -0.2) is 0 Å². The summed E-state index contributed by atoms with van der Waals surface area (Å²) in [6, 6.07) is 0. The van der Waals surface area contributed by atoms with Gasteiger partial charge in [0, 0.05) is 25.2 Å². The van der Waals surface area contributed by atoms with E-state index in [4.69, 9.17) is 0 Å². The Labute approximate surface area is 178 Å². The van der Waals surface area contributed by atoms with Crippen molar-refractivity contribution < 1.29 is 9.59 Å². The highest BCUT2D eigenvalue weighted by Crippen LogP contribution is 2.66. The van der Waals surface area contributed by atoms with Gasteiger partial charge in [0.2, 0.25) is 0 Å². The van der Waals surface area contributed by atoms with Crippen molar-refractivity contribution in [2.45, 2.75) is 98.8 Å². The summed E-state index contributed by atoms with van der Waals surface area (Å²) >= 11 is 0. The van der Waals surface area contributed by atoms with Crippen LogP contribution in [0.1, 0.15) is 98.8 Å². The zero-order valence-electron chi connectivity index (χ0n) is 19.4. The highest BCUT2D eigenvalue weighted by Gasteiger charge is 2.62. The first-order valence-electron chi connectivity index (χ1n) is 12.4. The van der Waals surface area contributed by atoms with E-state index in [0.29, 0.717) is 42.2 Å². The molecule has 0 amide bonds. The van der Waals surface area contributed by atoms with Crippen molar-refractivity contribution in [2.24, 2.45) is 46.3 Å². The molecular weight excluding hydrogens is 356 g/mol. The van der Waals surface area contributed by atoms with Crippen molar-refractivity contribution in [3.63, 3.8) is 0 Å². The third-order valence-corrected chi connectivity index (χ3v) is 9.82. The molecule has 29 heavy (non-hydrogen) atoms. The molecule has 3 fully saturated rings. The molecule has 0 heterocycles. The molecule has 7 atom stereocenters. The van der Waals surface area contributed by atoms with E-state index >= 15 is 0 Å². The fourth-order valence-electron chi connectivity index (χ4n) is 8.33. The van der Waals surface area contributed by atoms with Crippen LogP contribution in [0.3, 0.4) is 0 Å². The Morgan fingerprint density at radius 2 is 1.86 bits per heavy atom. The molecule has 162 valence electrons. The molecule has 0 spiro atoms. The summed E-state index contributed by atoms with van der Waals surface area (Å²) in [5, 5.41) is 0. The van der Waals surface area contributed by atoms with Crippen molar-refractivity contribution in [2.75, 3.05) is 0 Å². The summed E-state index contributed by atoms with van der Waals surface area (Å²) in [6.07, 6.45) is 13.0. The maximum Gasteiger partial charge on any atom is 0.137 e. The molecule has 2 nitrogen and oxygen atoms in total. The van der Waals surface area contributed by atoms with Gasteiger partial charge < -0.3 is 0 Å². The zero-order chi connectivity index (χ0) is 21.0. The summed E-state index contributed by atoms with van der Waals surface area (Å²) in [5.74, 6) is 4.49. The van der Waals surface area contributed by atoms with Crippen LogP contribution in [0.2, 0.25) is 0 Å². The van der Waals surface area contributed by atoms with Crippen molar-refractivity contribution in [3.05, 3.63) is 11.6 Å². The molecule has 0 aliphatic heterocycles. The molecule has 4 rings (SSSR count). The standard InChI is InChI=1S/C27H42O2/c1-17(2)7-6-8-18(3)22-11-12-23-21-10-9-19-15-20(28)13-14-26(19,4)25(21)24(29)16-27(22,23)5/h9,17-18,21-23,25H,6-8,10-16H2,1-5H3/t18?,21-,22+,23-,25+,26-,27+/m0/s1. The van der Waals surface area contributed by atoms with Crippen LogP contribution in [0, 0.1) is 46.3 Å². The van der Waals surface area contributed by atoms with Gasteiger partial charge in [0.1, 0.15) is 11.6 Å². The fraction of sp³-hybridized carbons (Fsp3) is 0.852. The lowest BCUT2D eigenvalue weighted by Crippen LogP contribution is -2.54. The van der Waals surface area contributed by atoms with Gasteiger partial charge in [0.25, 0.3) is 0 Å². The number of hydrogen-bond acceptors (Lipinski definition) is 2. The fourth-order valence-corrected chi connectivity index (χ4v) is 8.33. The van der Waals surface area contributed by atoms with Crippen LogP contribution in [0.4, 0.5) is 0 Å². The second kappa shape index (κ2) is 7.65. The van der Waals surface area contributed by atoms with E-state index < -0.39 is 0 Å². The van der Waals surface area contributed by atoms with Crippen molar-refractivity contribution in [1.29, 1.82) is 0 Å². The summed E-state index contributed by atoms with van der Waals surface area (Å²) in [7, 11) is 0. The van der Waals surface area contributed by atoms with Crippen molar-refractivity contribution >= 4 is 11.6 Å². The number of rotatable bonds is 5. The number of fused-ring (bicyclic) bond motifs is 5. The normalized spacial score (nSPS) is 42.9. The number of carbonyl (C=O) groups is 2. The Bertz CT molecular complexity index is 703. The van der Waals surface area contributed by atoms with Crippen molar-refractivity contribution in [3.8, 4) is 0 Å². The van der Waals surface area contributed by atoms with E-state index in [1.807, 2.05) is 0 Å². The second-order valence-electron chi connectivity index (χ2n) is 12.0. The Morgan fingerprint density at radius 1 is 1.10 bits per heavy atom. The number of Topliss-reactive ketones (excluding diaryl/α,β-unsaturated/α-hetero) is 2. The minimum atomic E-state index is -0.0454. The summed E-state index contributed by atoms with van der Waals surface area (Å²) in [6.45, 7) is 11.9. The molecule has 2 heteroatoms. The van der Waals surface area contributed by atoms with Crippen LogP contribution >= 0.6 is 0 Å². The van der Waals surface area contributed by atoms with Crippen LogP contribution in [0.25, 0.3) is 0 Å². The Balaban J connectivity index is 1.56. The smallest absolute Gasteiger partial charge is 0.137 e. The SMILES string of the molecule is CC(C)CCCC(C)[C@H]1CC[C@H]2[C@@H]3CC=C4CC(=O)CC[C@]4(C)[C@H]3C(=O)C[C@]12C. The summed E-state index contributed by atoms with van der Waals surface area (Å²) < 4.78 is 0. The molecule has 4 aliphatic rings. The van der Waals surface area contributed by atoms with Crippen LogP contribution in [-0.2, 0) is 9.59 Å². The third-order valence-electron chi connectivity index (χ3n) is 9.82. The monoisotopic (exact) mass is 398 g/mol. The van der Waals surface area contributed by atoms with Gasteiger partial charge >= 0.3 is 0 Å². The predicted molar refractivity (Wildman–Crippen MR) is 118 cm³/mol. The second-order valence-corrected chi connectivity index (χ2v) is 12.0. The lowest BCUT2D eigenvalue weighted by Gasteiger charge is -2.56. The minimum Gasteiger partial charge on any atom is -0.299 e. The van der Waals surface area contributed by atoms with Crippen molar-refractivity contribution in [1.82, 2.24) is 0 Å². The number of allylic oxidation sites excluding steroid dienone is 2. The van der Waals surface area contributed by atoms with Crippen LogP contribution in [0.15, 0.2) is 11.6 Å². The molecule has 3 saturated carbocycles. The van der Waals surface area contributed by atoms with Gasteiger partial charge in [-0.15, -0.1) is 0 Å². The van der Waals surface area contributed by atoms with E-state index in [2.05, 4.69) is 40.7 Å². The van der Waals surface area contributed by atoms with E-state index in [-0.39, 0.29) is 16.7 Å². The van der Waals surface area contributed by atoms with E-state index in [9.17, 15) is 9.59 Å². The topological polar surface area (TPSA) is 34.1 Å². The highest BCUT2D eigenvalue weighted by atomic mass is 16.1. The van der Waals surface area contributed by atoms with Gasteiger partial charge in [0.05, 0.1) is 0 Å². The van der Waals surface area contributed by atoms with Crippen LogP contribution in [0.5, 0.6) is 0 Å². The Kier molecular flexibility index (Phi) is 5.62. The molecule has 0 saturated heterocycles. The highest BCUT2D eigenvalue weighted by molar-refractivity contribution is 5.87. The molecule has 4 aliphatic carbocycles. The number of hydrogen-bond donors (Lipinski definition) is 0. The van der Waals surface area contributed by atoms with Gasteiger partial charge in [-0.2, -0.15) is 0 Å². The first-order chi connectivity index (χ1) is 13.7. The number of carbonyl (C=O) groups excluding carboxylic acids is 2. The summed E-state index contributed by atoms with van der Waals surface area (Å²) in [5.41, 5.74) is 1.45. The molecule has 0 aromatic rings. The quantitative estimate of drug-likeness (QED) is 0.479. The molecular formula is C27H42O2. The molecule has 1 unspecified atom stereocenters. The predicted octanol–water partition coefficient (Wildman–Crippen LogP) is 6.78. The summed E-state index contributed by atoms with van der Waals surface area (Å²) in [4.78, 5) is 25.7. The van der Waals surface area contributed by atoms with Crippen LogP contribution < -0.4 is 0 Å².